The first-order chi connectivity index (χ1) is 8.93. The maximum absolute atomic E-state index is 13.6. The maximum Gasteiger partial charge on any atom is 0.224 e. The lowest BCUT2D eigenvalue weighted by Gasteiger charge is -2.17. The van der Waals surface area contributed by atoms with E-state index in [4.69, 9.17) is 5.73 Å². The summed E-state index contributed by atoms with van der Waals surface area (Å²) in [5.74, 6) is 0.0643. The van der Waals surface area contributed by atoms with Crippen molar-refractivity contribution in [1.29, 1.82) is 0 Å². The van der Waals surface area contributed by atoms with Crippen LogP contribution in [0.25, 0.3) is 0 Å². The summed E-state index contributed by atoms with van der Waals surface area (Å²) in [5, 5.41) is 2.65. The van der Waals surface area contributed by atoms with Gasteiger partial charge in [-0.05, 0) is 43.4 Å². The highest BCUT2D eigenvalue weighted by Crippen LogP contribution is 2.20. The highest BCUT2D eigenvalue weighted by Gasteiger charge is 2.16. The van der Waals surface area contributed by atoms with Gasteiger partial charge in [-0.2, -0.15) is 0 Å². The normalized spacial score (nSPS) is 12.5. The van der Waals surface area contributed by atoms with Crippen LogP contribution >= 0.6 is 0 Å². The molecule has 1 unspecified atom stereocenters. The van der Waals surface area contributed by atoms with Gasteiger partial charge >= 0.3 is 0 Å². The fourth-order valence-electron chi connectivity index (χ4n) is 2.17. The molecule has 3 N–H and O–H groups in total. The maximum atomic E-state index is 13.6. The Balaban J connectivity index is 2.64. The zero-order chi connectivity index (χ0) is 14.4. The van der Waals surface area contributed by atoms with Crippen LogP contribution in [0.1, 0.15) is 32.3 Å². The number of carbonyl (C=O) groups excluding carboxylic acids is 1. The van der Waals surface area contributed by atoms with Crippen LogP contribution in [0.3, 0.4) is 0 Å². The smallest absolute Gasteiger partial charge is 0.224 e. The second-order valence-electron chi connectivity index (χ2n) is 5.42. The molecular formula is C15H23FN2O. The Labute approximate surface area is 114 Å². The molecule has 0 aromatic heterocycles. The Morgan fingerprint density at radius 1 is 1.42 bits per heavy atom. The topological polar surface area (TPSA) is 55.1 Å². The van der Waals surface area contributed by atoms with Gasteiger partial charge in [-0.1, -0.05) is 26.0 Å². The predicted octanol–water partition coefficient (Wildman–Crippen LogP) is 3.08. The minimum absolute atomic E-state index is 0.145. The van der Waals surface area contributed by atoms with E-state index in [0.717, 1.165) is 12.0 Å². The standard InChI is InChI=1S/C15H23FN2O/c1-10(2)7-12(9-17)8-14(19)18-15-11(3)5-4-6-13(15)16/h4-6,10,12H,7-9,17H2,1-3H3,(H,18,19). The van der Waals surface area contributed by atoms with Gasteiger partial charge in [-0.3, -0.25) is 4.79 Å². The van der Waals surface area contributed by atoms with Crippen LogP contribution in [0.5, 0.6) is 0 Å². The molecule has 19 heavy (non-hydrogen) atoms. The van der Waals surface area contributed by atoms with E-state index in [1.807, 2.05) is 0 Å². The van der Waals surface area contributed by atoms with Crippen molar-refractivity contribution in [2.24, 2.45) is 17.6 Å². The number of halogens is 1. The molecule has 0 aliphatic rings. The molecular weight excluding hydrogens is 243 g/mol. The van der Waals surface area contributed by atoms with E-state index >= 15 is 0 Å². The third-order valence-electron chi connectivity index (χ3n) is 3.10. The van der Waals surface area contributed by atoms with Crippen molar-refractivity contribution in [3.05, 3.63) is 29.6 Å². The molecule has 0 radical (unpaired) electrons. The third-order valence-corrected chi connectivity index (χ3v) is 3.10. The lowest BCUT2D eigenvalue weighted by molar-refractivity contribution is -0.117. The first kappa shape index (κ1) is 15.6. The number of nitrogens with two attached hydrogens (primary N) is 1. The summed E-state index contributed by atoms with van der Waals surface area (Å²) in [6.07, 6.45) is 1.24. The van der Waals surface area contributed by atoms with Crippen LogP contribution in [-0.4, -0.2) is 12.5 Å². The minimum Gasteiger partial charge on any atom is -0.330 e. The third kappa shape index (κ3) is 4.99. The molecule has 0 saturated carbocycles. The fourth-order valence-corrected chi connectivity index (χ4v) is 2.17. The molecule has 0 aliphatic carbocycles. The molecule has 4 heteroatoms. The Morgan fingerprint density at radius 3 is 2.63 bits per heavy atom. The summed E-state index contributed by atoms with van der Waals surface area (Å²) in [6.45, 7) is 6.44. The molecule has 0 heterocycles. The predicted molar refractivity (Wildman–Crippen MR) is 76.4 cm³/mol. The molecule has 106 valence electrons. The van der Waals surface area contributed by atoms with Crippen LogP contribution in [0, 0.1) is 24.6 Å². The van der Waals surface area contributed by atoms with Crippen LogP contribution in [0.2, 0.25) is 0 Å². The van der Waals surface area contributed by atoms with Gasteiger partial charge in [0, 0.05) is 6.42 Å². The molecule has 0 aliphatic heterocycles. The number of amides is 1. The molecule has 1 atom stereocenters. The highest BCUT2D eigenvalue weighted by molar-refractivity contribution is 5.91. The lowest BCUT2D eigenvalue weighted by Crippen LogP contribution is -2.24. The second-order valence-corrected chi connectivity index (χ2v) is 5.42. The van der Waals surface area contributed by atoms with Crippen LogP contribution < -0.4 is 11.1 Å². The van der Waals surface area contributed by atoms with Crippen LogP contribution in [0.15, 0.2) is 18.2 Å². The van der Waals surface area contributed by atoms with Gasteiger partial charge in [0.2, 0.25) is 5.91 Å². The van der Waals surface area contributed by atoms with Crippen molar-refractivity contribution >= 4 is 11.6 Å². The average Bonchev–Trinajstić information content (AvgIpc) is 2.32. The first-order valence-corrected chi connectivity index (χ1v) is 6.69. The second kappa shape index (κ2) is 7.24. The largest absolute Gasteiger partial charge is 0.330 e. The molecule has 0 saturated heterocycles. The SMILES string of the molecule is Cc1cccc(F)c1NC(=O)CC(CN)CC(C)C. The van der Waals surface area contributed by atoms with Gasteiger partial charge in [0.05, 0.1) is 5.69 Å². The van der Waals surface area contributed by atoms with Crippen molar-refractivity contribution in [2.45, 2.75) is 33.6 Å². The Kier molecular flexibility index (Phi) is 5.96. The molecule has 0 fully saturated rings. The number of aryl methyl sites for hydroxylation is 1. The van der Waals surface area contributed by atoms with E-state index in [1.54, 1.807) is 19.1 Å². The van der Waals surface area contributed by atoms with Gasteiger partial charge < -0.3 is 11.1 Å². The van der Waals surface area contributed by atoms with Gasteiger partial charge in [0.15, 0.2) is 0 Å². The van der Waals surface area contributed by atoms with Crippen LogP contribution in [-0.2, 0) is 4.79 Å². The van der Waals surface area contributed by atoms with Gasteiger partial charge in [-0.25, -0.2) is 4.39 Å². The number of nitrogens with one attached hydrogen (secondary N) is 1. The van der Waals surface area contributed by atoms with Crippen molar-refractivity contribution in [3.63, 3.8) is 0 Å². The Hall–Kier alpha value is -1.42. The van der Waals surface area contributed by atoms with E-state index in [1.165, 1.54) is 6.07 Å². The lowest BCUT2D eigenvalue weighted by atomic mass is 9.94. The monoisotopic (exact) mass is 266 g/mol. The van der Waals surface area contributed by atoms with E-state index in [0.29, 0.717) is 18.9 Å². The fraction of sp³-hybridized carbons (Fsp3) is 0.533. The molecule has 0 spiro atoms. The summed E-state index contributed by atoms with van der Waals surface area (Å²) in [4.78, 5) is 11.9. The van der Waals surface area contributed by atoms with Crippen molar-refractivity contribution in [3.8, 4) is 0 Å². The number of para-hydroxylation sites is 1. The molecule has 1 rings (SSSR count). The zero-order valence-electron chi connectivity index (χ0n) is 11.9. The minimum atomic E-state index is -0.401. The van der Waals surface area contributed by atoms with E-state index in [2.05, 4.69) is 19.2 Å². The molecule has 1 amide bonds. The van der Waals surface area contributed by atoms with Gasteiger partial charge in [-0.15, -0.1) is 0 Å². The first-order valence-electron chi connectivity index (χ1n) is 6.69. The summed E-state index contributed by atoms with van der Waals surface area (Å²) in [6, 6.07) is 4.74. The van der Waals surface area contributed by atoms with Crippen LogP contribution in [0.4, 0.5) is 10.1 Å². The highest BCUT2D eigenvalue weighted by atomic mass is 19.1. The van der Waals surface area contributed by atoms with E-state index in [9.17, 15) is 9.18 Å². The summed E-state index contributed by atoms with van der Waals surface area (Å²) in [5.41, 5.74) is 6.66. The van der Waals surface area contributed by atoms with Gasteiger partial charge in [0.25, 0.3) is 0 Å². The average molecular weight is 266 g/mol. The molecule has 1 aromatic rings. The van der Waals surface area contributed by atoms with Crippen molar-refractivity contribution in [1.82, 2.24) is 0 Å². The summed E-state index contributed by atoms with van der Waals surface area (Å²) in [7, 11) is 0. The summed E-state index contributed by atoms with van der Waals surface area (Å²) >= 11 is 0. The molecule has 3 nitrogen and oxygen atoms in total. The number of anilines is 1. The van der Waals surface area contributed by atoms with Crippen molar-refractivity contribution < 1.29 is 9.18 Å². The summed E-state index contributed by atoms with van der Waals surface area (Å²) < 4.78 is 13.6. The number of carbonyl (C=O) groups is 1. The quantitative estimate of drug-likeness (QED) is 0.831. The number of hydrogen-bond acceptors (Lipinski definition) is 2. The zero-order valence-corrected chi connectivity index (χ0v) is 11.9. The molecule has 0 bridgehead atoms. The Bertz CT molecular complexity index is 412. The Morgan fingerprint density at radius 2 is 2.11 bits per heavy atom. The van der Waals surface area contributed by atoms with Gasteiger partial charge in [0.1, 0.15) is 5.82 Å². The number of benzene rings is 1. The van der Waals surface area contributed by atoms with Crippen molar-refractivity contribution in [2.75, 3.05) is 11.9 Å². The van der Waals surface area contributed by atoms with E-state index < -0.39 is 5.82 Å². The van der Waals surface area contributed by atoms with E-state index in [-0.39, 0.29) is 17.5 Å². The number of hydrogen-bond donors (Lipinski definition) is 2. The molecule has 1 aromatic carbocycles. The number of rotatable bonds is 6.